The van der Waals surface area contributed by atoms with E-state index < -0.39 is 0 Å². The summed E-state index contributed by atoms with van der Waals surface area (Å²) in [6.45, 7) is 4.10. The van der Waals surface area contributed by atoms with Gasteiger partial charge in [-0.2, -0.15) is 5.10 Å². The van der Waals surface area contributed by atoms with Crippen molar-refractivity contribution >= 4 is 5.69 Å². The van der Waals surface area contributed by atoms with E-state index in [-0.39, 0.29) is 12.6 Å². The number of anilines is 1. The molecule has 0 aliphatic rings. The predicted octanol–water partition coefficient (Wildman–Crippen LogP) is 2.18. The first-order valence-corrected chi connectivity index (χ1v) is 6.04. The number of aromatic nitrogens is 2. The van der Waals surface area contributed by atoms with Gasteiger partial charge in [0.2, 0.25) is 0 Å². The van der Waals surface area contributed by atoms with E-state index in [1.807, 2.05) is 42.9 Å². The van der Waals surface area contributed by atoms with Crippen LogP contribution in [0.15, 0.2) is 30.5 Å². The van der Waals surface area contributed by atoms with E-state index in [2.05, 4.69) is 17.3 Å². The molecule has 0 saturated carbocycles. The molecule has 18 heavy (non-hydrogen) atoms. The lowest BCUT2D eigenvalue weighted by Gasteiger charge is -2.17. The fourth-order valence-electron chi connectivity index (χ4n) is 1.93. The fraction of sp³-hybridized carbons (Fsp3) is 0.357. The second kappa shape index (κ2) is 5.23. The standard InChI is InChI=1S/C14H19N3O/c1-10-4-6-12(7-5-10)16-14(9-18)13-8-15-17(3)11(13)2/h4-8,14,16,18H,9H2,1-3H3. The average Bonchev–Trinajstić information content (AvgIpc) is 2.70. The highest BCUT2D eigenvalue weighted by Gasteiger charge is 2.15. The zero-order chi connectivity index (χ0) is 13.1. The first-order valence-electron chi connectivity index (χ1n) is 6.04. The molecular weight excluding hydrogens is 226 g/mol. The average molecular weight is 245 g/mol. The van der Waals surface area contributed by atoms with Crippen LogP contribution in [0.2, 0.25) is 0 Å². The smallest absolute Gasteiger partial charge is 0.0778 e. The second-order valence-corrected chi connectivity index (χ2v) is 4.55. The molecule has 2 rings (SSSR count). The molecule has 0 bridgehead atoms. The van der Waals surface area contributed by atoms with E-state index in [4.69, 9.17) is 0 Å². The lowest BCUT2D eigenvalue weighted by atomic mass is 10.1. The minimum absolute atomic E-state index is 0.0421. The van der Waals surface area contributed by atoms with Crippen LogP contribution in [-0.2, 0) is 7.05 Å². The van der Waals surface area contributed by atoms with Gasteiger partial charge in [-0.05, 0) is 26.0 Å². The minimum atomic E-state index is -0.124. The number of hydrogen-bond acceptors (Lipinski definition) is 3. The van der Waals surface area contributed by atoms with Gasteiger partial charge in [-0.1, -0.05) is 17.7 Å². The van der Waals surface area contributed by atoms with Crippen molar-refractivity contribution in [2.75, 3.05) is 11.9 Å². The summed E-state index contributed by atoms with van der Waals surface area (Å²) in [5, 5.41) is 17.1. The molecule has 0 aliphatic heterocycles. The normalized spacial score (nSPS) is 12.4. The zero-order valence-electron chi connectivity index (χ0n) is 11.0. The summed E-state index contributed by atoms with van der Waals surface area (Å²) < 4.78 is 1.81. The van der Waals surface area contributed by atoms with E-state index >= 15 is 0 Å². The molecule has 1 aromatic heterocycles. The highest BCUT2D eigenvalue weighted by molar-refractivity contribution is 5.47. The van der Waals surface area contributed by atoms with Crippen LogP contribution in [0, 0.1) is 13.8 Å². The van der Waals surface area contributed by atoms with Gasteiger partial charge in [-0.3, -0.25) is 4.68 Å². The summed E-state index contributed by atoms with van der Waals surface area (Å²) in [6, 6.07) is 8.01. The third-order valence-electron chi connectivity index (χ3n) is 3.22. The fourth-order valence-corrected chi connectivity index (χ4v) is 1.93. The molecule has 0 aliphatic carbocycles. The lowest BCUT2D eigenvalue weighted by Crippen LogP contribution is -2.15. The first kappa shape index (κ1) is 12.6. The largest absolute Gasteiger partial charge is 0.394 e. The van der Waals surface area contributed by atoms with Crippen molar-refractivity contribution in [1.29, 1.82) is 0 Å². The number of nitrogens with zero attached hydrogens (tertiary/aromatic N) is 2. The van der Waals surface area contributed by atoms with Crippen LogP contribution < -0.4 is 5.32 Å². The van der Waals surface area contributed by atoms with Crippen molar-refractivity contribution in [3.63, 3.8) is 0 Å². The molecule has 96 valence electrons. The van der Waals surface area contributed by atoms with Gasteiger partial charge < -0.3 is 10.4 Å². The third-order valence-corrected chi connectivity index (χ3v) is 3.22. The van der Waals surface area contributed by atoms with Crippen LogP contribution >= 0.6 is 0 Å². The van der Waals surface area contributed by atoms with E-state index in [1.165, 1.54) is 5.56 Å². The van der Waals surface area contributed by atoms with Gasteiger partial charge in [-0.15, -0.1) is 0 Å². The maximum Gasteiger partial charge on any atom is 0.0778 e. The summed E-state index contributed by atoms with van der Waals surface area (Å²) in [5.41, 5.74) is 4.32. The quantitative estimate of drug-likeness (QED) is 0.868. The molecule has 2 aromatic rings. The number of aliphatic hydroxyl groups excluding tert-OH is 1. The number of nitrogens with one attached hydrogen (secondary N) is 1. The van der Waals surface area contributed by atoms with Crippen molar-refractivity contribution in [2.24, 2.45) is 7.05 Å². The Kier molecular flexibility index (Phi) is 3.67. The van der Waals surface area contributed by atoms with Gasteiger partial charge in [0.1, 0.15) is 0 Å². The summed E-state index contributed by atoms with van der Waals surface area (Å²) in [4.78, 5) is 0. The summed E-state index contributed by atoms with van der Waals surface area (Å²) >= 11 is 0. The van der Waals surface area contributed by atoms with Gasteiger partial charge in [0.05, 0.1) is 18.8 Å². The van der Waals surface area contributed by atoms with Gasteiger partial charge >= 0.3 is 0 Å². The molecule has 1 unspecified atom stereocenters. The van der Waals surface area contributed by atoms with Crippen LogP contribution in [0.5, 0.6) is 0 Å². The monoisotopic (exact) mass is 245 g/mol. The molecule has 0 amide bonds. The maximum atomic E-state index is 9.53. The van der Waals surface area contributed by atoms with Gasteiger partial charge in [0, 0.05) is 24.0 Å². The molecule has 1 atom stereocenters. The number of hydrogen-bond donors (Lipinski definition) is 2. The zero-order valence-corrected chi connectivity index (χ0v) is 11.0. The number of aliphatic hydroxyl groups is 1. The van der Waals surface area contributed by atoms with Crippen LogP contribution in [0.4, 0.5) is 5.69 Å². The van der Waals surface area contributed by atoms with E-state index in [0.29, 0.717) is 0 Å². The van der Waals surface area contributed by atoms with Crippen molar-refractivity contribution in [3.8, 4) is 0 Å². The highest BCUT2D eigenvalue weighted by atomic mass is 16.3. The molecule has 1 heterocycles. The molecule has 4 heteroatoms. The highest BCUT2D eigenvalue weighted by Crippen LogP contribution is 2.21. The molecular formula is C14H19N3O. The molecule has 4 nitrogen and oxygen atoms in total. The predicted molar refractivity (Wildman–Crippen MR) is 72.6 cm³/mol. The first-order chi connectivity index (χ1) is 8.61. The molecule has 1 aromatic carbocycles. The molecule has 0 fully saturated rings. The lowest BCUT2D eigenvalue weighted by molar-refractivity contribution is 0.276. The summed E-state index contributed by atoms with van der Waals surface area (Å²) in [7, 11) is 1.90. The minimum Gasteiger partial charge on any atom is -0.394 e. The summed E-state index contributed by atoms with van der Waals surface area (Å²) in [6.07, 6.45) is 1.80. The molecule has 0 saturated heterocycles. The van der Waals surface area contributed by atoms with E-state index in [1.54, 1.807) is 6.20 Å². The van der Waals surface area contributed by atoms with Crippen molar-refractivity contribution in [1.82, 2.24) is 9.78 Å². The molecule has 0 spiro atoms. The van der Waals surface area contributed by atoms with Crippen molar-refractivity contribution in [2.45, 2.75) is 19.9 Å². The maximum absolute atomic E-state index is 9.53. The number of benzene rings is 1. The van der Waals surface area contributed by atoms with Crippen LogP contribution in [-0.4, -0.2) is 21.5 Å². The number of aryl methyl sites for hydroxylation is 2. The Morgan fingerprint density at radius 3 is 2.44 bits per heavy atom. The Morgan fingerprint density at radius 1 is 1.28 bits per heavy atom. The third kappa shape index (κ3) is 2.54. The summed E-state index contributed by atoms with van der Waals surface area (Å²) in [5.74, 6) is 0. The van der Waals surface area contributed by atoms with Crippen molar-refractivity contribution in [3.05, 3.63) is 47.3 Å². The van der Waals surface area contributed by atoms with Gasteiger partial charge in [0.25, 0.3) is 0 Å². The SMILES string of the molecule is Cc1ccc(NC(CO)c2cnn(C)c2C)cc1. The van der Waals surface area contributed by atoms with Crippen LogP contribution in [0.1, 0.15) is 22.9 Å². The second-order valence-electron chi connectivity index (χ2n) is 4.55. The Hall–Kier alpha value is -1.81. The van der Waals surface area contributed by atoms with Crippen molar-refractivity contribution < 1.29 is 5.11 Å². The van der Waals surface area contributed by atoms with Gasteiger partial charge in [0.15, 0.2) is 0 Å². The number of rotatable bonds is 4. The Morgan fingerprint density at radius 2 is 1.94 bits per heavy atom. The van der Waals surface area contributed by atoms with E-state index in [9.17, 15) is 5.11 Å². The Balaban J connectivity index is 2.19. The Bertz CT molecular complexity index is 516. The van der Waals surface area contributed by atoms with Gasteiger partial charge in [-0.25, -0.2) is 0 Å². The van der Waals surface area contributed by atoms with Crippen LogP contribution in [0.25, 0.3) is 0 Å². The Labute approximate surface area is 107 Å². The topological polar surface area (TPSA) is 50.1 Å². The molecule has 0 radical (unpaired) electrons. The van der Waals surface area contributed by atoms with E-state index in [0.717, 1.165) is 16.9 Å². The van der Waals surface area contributed by atoms with Crippen LogP contribution in [0.3, 0.4) is 0 Å². The molecule has 2 N–H and O–H groups in total.